The van der Waals surface area contributed by atoms with Gasteiger partial charge in [0, 0.05) is 0 Å². The summed E-state index contributed by atoms with van der Waals surface area (Å²) in [6.45, 7) is 5.32. The van der Waals surface area contributed by atoms with Crippen molar-refractivity contribution in [3.63, 3.8) is 0 Å². The molecule has 0 saturated carbocycles. The van der Waals surface area contributed by atoms with Crippen molar-refractivity contribution in [2.45, 2.75) is 33.1 Å². The second-order valence-corrected chi connectivity index (χ2v) is 4.27. The zero-order chi connectivity index (χ0) is 8.53. The maximum Gasteiger partial charge on any atom is -0.00486 e. The third-order valence-electron chi connectivity index (χ3n) is 1.90. The molecule has 1 nitrogen and oxygen atoms in total. The summed E-state index contributed by atoms with van der Waals surface area (Å²) in [4.78, 5) is 0. The Morgan fingerprint density at radius 2 is 2.00 bits per heavy atom. The van der Waals surface area contributed by atoms with Crippen molar-refractivity contribution >= 4 is 11.8 Å². The van der Waals surface area contributed by atoms with Crippen molar-refractivity contribution in [2.24, 2.45) is 11.7 Å². The molecule has 0 aromatic rings. The summed E-state index contributed by atoms with van der Waals surface area (Å²) in [5.41, 5.74) is 5.63. The average molecular weight is 175 g/mol. The van der Waals surface area contributed by atoms with Gasteiger partial charge in [-0.15, -0.1) is 0 Å². The molecule has 0 saturated heterocycles. The van der Waals surface area contributed by atoms with Crippen LogP contribution in [0.25, 0.3) is 0 Å². The van der Waals surface area contributed by atoms with E-state index in [4.69, 9.17) is 5.73 Å². The van der Waals surface area contributed by atoms with Gasteiger partial charge in [0.1, 0.15) is 0 Å². The maximum absolute atomic E-state index is 5.63. The Kier molecular flexibility index (Phi) is 8.64. The summed E-state index contributed by atoms with van der Waals surface area (Å²) in [6.07, 6.45) is 3.89. The van der Waals surface area contributed by atoms with Crippen LogP contribution in [-0.2, 0) is 0 Å². The van der Waals surface area contributed by atoms with Crippen LogP contribution < -0.4 is 5.73 Å². The normalized spacial score (nSPS) is 13.4. The van der Waals surface area contributed by atoms with E-state index in [9.17, 15) is 0 Å². The molecule has 0 rings (SSSR count). The lowest BCUT2D eigenvalue weighted by atomic mass is 10.0. The van der Waals surface area contributed by atoms with Gasteiger partial charge in [-0.25, -0.2) is 0 Å². The van der Waals surface area contributed by atoms with Gasteiger partial charge in [-0.3, -0.25) is 0 Å². The highest BCUT2D eigenvalue weighted by molar-refractivity contribution is 7.99. The molecular formula is C9H21NS. The summed E-state index contributed by atoms with van der Waals surface area (Å²) in [7, 11) is 0. The van der Waals surface area contributed by atoms with Crippen LogP contribution in [0.4, 0.5) is 0 Å². The lowest BCUT2D eigenvalue weighted by Gasteiger charge is -2.12. The number of hydrogen-bond acceptors (Lipinski definition) is 2. The van der Waals surface area contributed by atoms with Crippen molar-refractivity contribution in [3.8, 4) is 0 Å². The molecule has 0 aliphatic heterocycles. The van der Waals surface area contributed by atoms with Crippen LogP contribution in [0.1, 0.15) is 33.1 Å². The minimum atomic E-state index is 0.777. The van der Waals surface area contributed by atoms with Crippen LogP contribution in [0.5, 0.6) is 0 Å². The molecule has 0 aromatic carbocycles. The van der Waals surface area contributed by atoms with Crippen molar-refractivity contribution in [1.82, 2.24) is 0 Å². The fourth-order valence-electron chi connectivity index (χ4n) is 1.18. The predicted molar refractivity (Wildman–Crippen MR) is 55.1 cm³/mol. The Balaban J connectivity index is 3.20. The van der Waals surface area contributed by atoms with Gasteiger partial charge in [-0.2, -0.15) is 11.8 Å². The fourth-order valence-corrected chi connectivity index (χ4v) is 1.97. The van der Waals surface area contributed by atoms with Gasteiger partial charge in [-0.1, -0.05) is 20.3 Å². The summed E-state index contributed by atoms with van der Waals surface area (Å²) in [6, 6.07) is 0. The van der Waals surface area contributed by atoms with Crippen LogP contribution >= 0.6 is 11.8 Å². The van der Waals surface area contributed by atoms with Gasteiger partial charge in [0.2, 0.25) is 0 Å². The number of nitrogens with two attached hydrogens (primary N) is 1. The van der Waals surface area contributed by atoms with E-state index in [1.807, 2.05) is 11.8 Å². The molecule has 0 amide bonds. The van der Waals surface area contributed by atoms with Crippen LogP contribution in [0, 0.1) is 5.92 Å². The molecule has 0 aliphatic rings. The first kappa shape index (κ1) is 11.3. The monoisotopic (exact) mass is 175 g/mol. The zero-order valence-corrected chi connectivity index (χ0v) is 8.62. The highest BCUT2D eigenvalue weighted by Crippen LogP contribution is 2.13. The number of thioether (sulfide) groups is 1. The zero-order valence-electron chi connectivity index (χ0n) is 7.81. The van der Waals surface area contributed by atoms with E-state index in [1.54, 1.807) is 0 Å². The van der Waals surface area contributed by atoms with E-state index in [0.29, 0.717) is 0 Å². The standard InChI is InChI=1S/C9H21NS/c1-3-5-9(8-10)6-7-11-4-2/h9H,3-8,10H2,1-2H3. The number of hydrogen-bond donors (Lipinski definition) is 1. The summed E-state index contributed by atoms with van der Waals surface area (Å²) >= 11 is 2.02. The van der Waals surface area contributed by atoms with Crippen LogP contribution in [0.15, 0.2) is 0 Å². The number of rotatable bonds is 7. The molecule has 0 fully saturated rings. The van der Waals surface area contributed by atoms with Crippen molar-refractivity contribution in [2.75, 3.05) is 18.1 Å². The Labute approximate surface area is 75.1 Å². The third kappa shape index (κ3) is 6.70. The second-order valence-electron chi connectivity index (χ2n) is 2.88. The van der Waals surface area contributed by atoms with E-state index in [-0.39, 0.29) is 0 Å². The average Bonchev–Trinajstić information content (AvgIpc) is 2.03. The molecule has 0 bridgehead atoms. The second kappa shape index (κ2) is 8.41. The van der Waals surface area contributed by atoms with Gasteiger partial charge in [0.15, 0.2) is 0 Å². The van der Waals surface area contributed by atoms with Crippen molar-refractivity contribution < 1.29 is 0 Å². The topological polar surface area (TPSA) is 26.0 Å². The Bertz CT molecular complexity index is 76.0. The summed E-state index contributed by atoms with van der Waals surface area (Å²) in [5, 5.41) is 0. The molecular weight excluding hydrogens is 154 g/mol. The van der Waals surface area contributed by atoms with E-state index in [1.165, 1.54) is 30.8 Å². The minimum absolute atomic E-state index is 0.777. The molecule has 1 atom stereocenters. The van der Waals surface area contributed by atoms with Gasteiger partial charge in [0.05, 0.1) is 0 Å². The lowest BCUT2D eigenvalue weighted by molar-refractivity contribution is 0.479. The Morgan fingerprint density at radius 1 is 1.27 bits per heavy atom. The largest absolute Gasteiger partial charge is 0.330 e. The molecule has 2 heteroatoms. The first-order valence-electron chi connectivity index (χ1n) is 4.62. The van der Waals surface area contributed by atoms with Crippen molar-refractivity contribution in [3.05, 3.63) is 0 Å². The predicted octanol–water partition coefficient (Wildman–Crippen LogP) is 2.50. The van der Waals surface area contributed by atoms with E-state index < -0.39 is 0 Å². The minimum Gasteiger partial charge on any atom is -0.330 e. The Morgan fingerprint density at radius 3 is 2.45 bits per heavy atom. The molecule has 0 spiro atoms. The first-order valence-corrected chi connectivity index (χ1v) is 5.78. The van der Waals surface area contributed by atoms with Crippen LogP contribution in [-0.4, -0.2) is 18.1 Å². The van der Waals surface area contributed by atoms with Gasteiger partial charge in [-0.05, 0) is 36.8 Å². The quantitative estimate of drug-likeness (QED) is 0.602. The van der Waals surface area contributed by atoms with E-state index in [2.05, 4.69) is 13.8 Å². The molecule has 2 N–H and O–H groups in total. The van der Waals surface area contributed by atoms with Crippen molar-refractivity contribution in [1.29, 1.82) is 0 Å². The van der Waals surface area contributed by atoms with Gasteiger partial charge in [0.25, 0.3) is 0 Å². The van der Waals surface area contributed by atoms with E-state index in [0.717, 1.165) is 12.5 Å². The highest BCUT2D eigenvalue weighted by Gasteiger charge is 2.03. The fraction of sp³-hybridized carbons (Fsp3) is 1.00. The van der Waals surface area contributed by atoms with Gasteiger partial charge >= 0.3 is 0 Å². The molecule has 68 valence electrons. The van der Waals surface area contributed by atoms with E-state index >= 15 is 0 Å². The lowest BCUT2D eigenvalue weighted by Crippen LogP contribution is -2.14. The highest BCUT2D eigenvalue weighted by atomic mass is 32.2. The van der Waals surface area contributed by atoms with Gasteiger partial charge < -0.3 is 5.73 Å². The molecule has 0 aromatic heterocycles. The van der Waals surface area contributed by atoms with Crippen LogP contribution in [0.3, 0.4) is 0 Å². The molecule has 1 unspecified atom stereocenters. The summed E-state index contributed by atoms with van der Waals surface area (Å²) < 4.78 is 0. The molecule has 11 heavy (non-hydrogen) atoms. The van der Waals surface area contributed by atoms with Crippen LogP contribution in [0.2, 0.25) is 0 Å². The molecule has 0 radical (unpaired) electrons. The molecule has 0 aliphatic carbocycles. The smallest absolute Gasteiger partial charge is 0.00486 e. The maximum atomic E-state index is 5.63. The SMILES string of the molecule is CCCC(CN)CCSCC. The Hall–Kier alpha value is 0.310. The molecule has 0 heterocycles. The summed E-state index contributed by atoms with van der Waals surface area (Å²) in [5.74, 6) is 3.31. The third-order valence-corrected chi connectivity index (χ3v) is 2.84. The first-order chi connectivity index (χ1) is 5.35.